The largest absolute Gasteiger partial charge is 0.315 e. The van der Waals surface area contributed by atoms with Crippen LogP contribution in [-0.4, -0.2) is 19.5 Å². The minimum Gasteiger partial charge on any atom is -0.315 e. The first-order valence-electron chi connectivity index (χ1n) is 2.60. The van der Waals surface area contributed by atoms with Crippen LogP contribution < -0.4 is 11.1 Å². The highest BCUT2D eigenvalue weighted by Gasteiger charge is 2.06. The molecule has 0 fully saturated rings. The van der Waals surface area contributed by atoms with E-state index in [2.05, 4.69) is 5.32 Å². The second-order valence-electron chi connectivity index (χ2n) is 1.81. The topological polar surface area (TPSA) is 55.1 Å². The fourth-order valence-corrected chi connectivity index (χ4v) is 0.348. The number of hydrogen-bond acceptors (Lipinski definition) is 3. The van der Waals surface area contributed by atoms with Gasteiger partial charge in [0.15, 0.2) is 0 Å². The SMILES string of the molecule is CNC(N)[C@H](C)C=O. The zero-order valence-corrected chi connectivity index (χ0v) is 5.22. The van der Waals surface area contributed by atoms with E-state index in [1.807, 2.05) is 0 Å². The van der Waals surface area contributed by atoms with Crippen molar-refractivity contribution < 1.29 is 4.79 Å². The molecule has 0 saturated carbocycles. The molecule has 0 heterocycles. The van der Waals surface area contributed by atoms with Crippen LogP contribution in [0.15, 0.2) is 0 Å². The highest BCUT2D eigenvalue weighted by molar-refractivity contribution is 5.53. The summed E-state index contributed by atoms with van der Waals surface area (Å²) in [5.74, 6) is -0.0972. The van der Waals surface area contributed by atoms with E-state index >= 15 is 0 Å². The van der Waals surface area contributed by atoms with Gasteiger partial charge in [-0.3, -0.25) is 0 Å². The Morgan fingerprint density at radius 3 is 2.38 bits per heavy atom. The van der Waals surface area contributed by atoms with E-state index < -0.39 is 0 Å². The van der Waals surface area contributed by atoms with Gasteiger partial charge < -0.3 is 15.8 Å². The van der Waals surface area contributed by atoms with E-state index in [1.165, 1.54) is 0 Å². The summed E-state index contributed by atoms with van der Waals surface area (Å²) in [6.07, 6.45) is 0.633. The third kappa shape index (κ3) is 2.04. The molecular formula is C5H12N2O. The lowest BCUT2D eigenvalue weighted by atomic mass is 10.1. The molecule has 0 saturated heterocycles. The molecule has 0 aromatic heterocycles. The van der Waals surface area contributed by atoms with Crippen molar-refractivity contribution in [3.63, 3.8) is 0 Å². The van der Waals surface area contributed by atoms with Gasteiger partial charge in [-0.2, -0.15) is 0 Å². The average molecular weight is 116 g/mol. The maximum Gasteiger partial charge on any atom is 0.125 e. The van der Waals surface area contributed by atoms with Crippen LogP contribution in [0.5, 0.6) is 0 Å². The van der Waals surface area contributed by atoms with Gasteiger partial charge in [-0.15, -0.1) is 0 Å². The van der Waals surface area contributed by atoms with Crippen LogP contribution in [0.1, 0.15) is 6.92 Å². The molecule has 1 unspecified atom stereocenters. The fraction of sp³-hybridized carbons (Fsp3) is 0.800. The van der Waals surface area contributed by atoms with Crippen LogP contribution in [0.3, 0.4) is 0 Å². The maximum atomic E-state index is 9.99. The standard InChI is InChI=1S/C5H12N2O/c1-4(3-8)5(6)7-2/h3-5,7H,6H2,1-2H3/t4-,5?/m1/s1. The van der Waals surface area contributed by atoms with Crippen molar-refractivity contribution in [1.29, 1.82) is 0 Å². The molecule has 0 aromatic carbocycles. The summed E-state index contributed by atoms with van der Waals surface area (Å²) in [6, 6.07) is 0. The van der Waals surface area contributed by atoms with Crippen LogP contribution in [-0.2, 0) is 4.79 Å². The monoisotopic (exact) mass is 116 g/mol. The minimum atomic E-state index is -0.201. The Morgan fingerprint density at radius 1 is 1.75 bits per heavy atom. The molecule has 0 amide bonds. The molecule has 3 heteroatoms. The summed E-state index contributed by atoms with van der Waals surface area (Å²) in [7, 11) is 1.73. The van der Waals surface area contributed by atoms with Crippen LogP contribution in [0.2, 0.25) is 0 Å². The molecule has 8 heavy (non-hydrogen) atoms. The molecule has 48 valence electrons. The van der Waals surface area contributed by atoms with E-state index in [0.29, 0.717) is 0 Å². The first-order chi connectivity index (χ1) is 3.72. The molecule has 0 radical (unpaired) electrons. The van der Waals surface area contributed by atoms with E-state index in [0.717, 1.165) is 6.29 Å². The van der Waals surface area contributed by atoms with Gasteiger partial charge in [0.05, 0.1) is 6.17 Å². The van der Waals surface area contributed by atoms with Gasteiger partial charge in [0, 0.05) is 5.92 Å². The minimum absolute atomic E-state index is 0.0972. The Labute approximate surface area is 49.3 Å². The molecule has 0 spiro atoms. The van der Waals surface area contributed by atoms with Crippen molar-refractivity contribution in [2.75, 3.05) is 7.05 Å². The van der Waals surface area contributed by atoms with E-state index in [1.54, 1.807) is 14.0 Å². The molecule has 3 N–H and O–H groups in total. The normalized spacial score (nSPS) is 17.4. The number of nitrogens with one attached hydrogen (secondary N) is 1. The zero-order chi connectivity index (χ0) is 6.57. The molecule has 0 rings (SSSR count). The summed E-state index contributed by atoms with van der Waals surface area (Å²) < 4.78 is 0. The van der Waals surface area contributed by atoms with Gasteiger partial charge in [-0.1, -0.05) is 6.92 Å². The summed E-state index contributed by atoms with van der Waals surface area (Å²) in [6.45, 7) is 1.77. The van der Waals surface area contributed by atoms with E-state index in [-0.39, 0.29) is 12.1 Å². The Kier molecular flexibility index (Phi) is 3.39. The molecule has 2 atom stereocenters. The van der Waals surface area contributed by atoms with Gasteiger partial charge in [-0.05, 0) is 7.05 Å². The van der Waals surface area contributed by atoms with Crippen molar-refractivity contribution >= 4 is 6.29 Å². The molecule has 0 aliphatic carbocycles. The fourth-order valence-electron chi connectivity index (χ4n) is 0.348. The summed E-state index contributed by atoms with van der Waals surface area (Å²) in [5.41, 5.74) is 5.38. The van der Waals surface area contributed by atoms with Gasteiger partial charge in [0.1, 0.15) is 6.29 Å². The van der Waals surface area contributed by atoms with Crippen molar-refractivity contribution in [3.8, 4) is 0 Å². The molecule has 3 nitrogen and oxygen atoms in total. The summed E-state index contributed by atoms with van der Waals surface area (Å²) in [4.78, 5) is 9.99. The van der Waals surface area contributed by atoms with Crippen molar-refractivity contribution in [2.45, 2.75) is 13.1 Å². The number of nitrogens with two attached hydrogens (primary N) is 1. The quantitative estimate of drug-likeness (QED) is 0.379. The lowest BCUT2D eigenvalue weighted by Gasteiger charge is -2.11. The van der Waals surface area contributed by atoms with Gasteiger partial charge >= 0.3 is 0 Å². The highest BCUT2D eigenvalue weighted by Crippen LogP contribution is 1.89. The first kappa shape index (κ1) is 7.59. The zero-order valence-electron chi connectivity index (χ0n) is 5.22. The smallest absolute Gasteiger partial charge is 0.125 e. The number of carbonyl (C=O) groups excluding carboxylic acids is 1. The Morgan fingerprint density at radius 2 is 2.25 bits per heavy atom. The van der Waals surface area contributed by atoms with Crippen LogP contribution in [0, 0.1) is 5.92 Å². The Hall–Kier alpha value is -0.410. The Balaban J connectivity index is 3.44. The number of rotatable bonds is 3. The molecule has 0 aliphatic heterocycles. The lowest BCUT2D eigenvalue weighted by Crippen LogP contribution is -2.40. The third-order valence-electron chi connectivity index (χ3n) is 1.11. The second kappa shape index (κ2) is 3.57. The second-order valence-corrected chi connectivity index (χ2v) is 1.81. The molecular weight excluding hydrogens is 104 g/mol. The predicted octanol–water partition coefficient (Wildman–Crippen LogP) is -0.674. The van der Waals surface area contributed by atoms with Gasteiger partial charge in [0.25, 0.3) is 0 Å². The predicted molar refractivity (Wildman–Crippen MR) is 32.3 cm³/mol. The van der Waals surface area contributed by atoms with Crippen LogP contribution >= 0.6 is 0 Å². The van der Waals surface area contributed by atoms with E-state index in [4.69, 9.17) is 5.73 Å². The highest BCUT2D eigenvalue weighted by atomic mass is 16.1. The lowest BCUT2D eigenvalue weighted by molar-refractivity contribution is -0.111. The van der Waals surface area contributed by atoms with Gasteiger partial charge in [-0.25, -0.2) is 0 Å². The molecule has 0 bridgehead atoms. The number of hydrogen-bond donors (Lipinski definition) is 2. The molecule has 0 aliphatic rings. The summed E-state index contributed by atoms with van der Waals surface area (Å²) >= 11 is 0. The average Bonchev–Trinajstić information content (AvgIpc) is 1.84. The van der Waals surface area contributed by atoms with E-state index in [9.17, 15) is 4.79 Å². The Bertz CT molecular complexity index is 74.8. The summed E-state index contributed by atoms with van der Waals surface area (Å²) in [5, 5.41) is 2.76. The van der Waals surface area contributed by atoms with Crippen molar-refractivity contribution in [1.82, 2.24) is 5.32 Å². The maximum absolute atomic E-state index is 9.99. The molecule has 0 aromatic rings. The third-order valence-corrected chi connectivity index (χ3v) is 1.11. The van der Waals surface area contributed by atoms with Crippen molar-refractivity contribution in [2.24, 2.45) is 11.7 Å². The van der Waals surface area contributed by atoms with Crippen LogP contribution in [0.25, 0.3) is 0 Å². The van der Waals surface area contributed by atoms with Crippen molar-refractivity contribution in [3.05, 3.63) is 0 Å². The van der Waals surface area contributed by atoms with Crippen LogP contribution in [0.4, 0.5) is 0 Å². The number of carbonyl (C=O) groups is 1. The number of aldehydes is 1. The first-order valence-corrected chi connectivity index (χ1v) is 2.60. The van der Waals surface area contributed by atoms with Gasteiger partial charge in [0.2, 0.25) is 0 Å².